The zero-order chi connectivity index (χ0) is 18.9. The molecule has 0 saturated heterocycles. The second-order valence-electron chi connectivity index (χ2n) is 5.26. The fraction of sp³-hybridized carbons (Fsp3) is 0.200. The molecule has 26 heavy (non-hydrogen) atoms. The molecule has 0 spiro atoms. The van der Waals surface area contributed by atoms with Gasteiger partial charge in [0, 0.05) is 5.56 Å². The van der Waals surface area contributed by atoms with Crippen molar-refractivity contribution in [1.82, 2.24) is 5.32 Å². The molecule has 0 unspecified atom stereocenters. The van der Waals surface area contributed by atoms with Crippen molar-refractivity contribution in [3.63, 3.8) is 0 Å². The Morgan fingerprint density at radius 3 is 2.27 bits per heavy atom. The van der Waals surface area contributed by atoms with Crippen molar-refractivity contribution in [3.05, 3.63) is 65.4 Å². The smallest absolute Gasteiger partial charge is 0.352 e. The number of carbonyl (C=O) groups is 2. The lowest BCUT2D eigenvalue weighted by Gasteiger charge is -2.12. The summed E-state index contributed by atoms with van der Waals surface area (Å²) in [5, 5.41) is 11.8. The highest BCUT2D eigenvalue weighted by Crippen LogP contribution is 2.29. The molecule has 2 aromatic rings. The van der Waals surface area contributed by atoms with E-state index in [0.717, 1.165) is 0 Å². The number of rotatable bonds is 8. The number of carbonyl (C=O) groups excluding carboxylic acids is 1. The van der Waals surface area contributed by atoms with E-state index in [9.17, 15) is 14.7 Å². The van der Waals surface area contributed by atoms with E-state index >= 15 is 0 Å². The number of carboxylic acid groups (broad SMARTS) is 1. The van der Waals surface area contributed by atoms with Crippen molar-refractivity contribution < 1.29 is 24.2 Å². The molecule has 0 aliphatic heterocycles. The summed E-state index contributed by atoms with van der Waals surface area (Å²) in [4.78, 5) is 23.7. The molecule has 0 bridgehead atoms. The summed E-state index contributed by atoms with van der Waals surface area (Å²) in [6.45, 7) is 4.65. The van der Waals surface area contributed by atoms with Gasteiger partial charge in [0.2, 0.25) is 0 Å². The summed E-state index contributed by atoms with van der Waals surface area (Å²) in [7, 11) is 0. The zero-order valence-corrected chi connectivity index (χ0v) is 14.7. The fourth-order valence-corrected chi connectivity index (χ4v) is 2.26. The van der Waals surface area contributed by atoms with Gasteiger partial charge >= 0.3 is 5.97 Å². The summed E-state index contributed by atoms with van der Waals surface area (Å²) >= 11 is 0. The van der Waals surface area contributed by atoms with E-state index in [1.165, 1.54) is 6.08 Å². The molecular formula is C20H21NO5. The number of nitrogens with one attached hydrogen (secondary N) is 1. The zero-order valence-electron chi connectivity index (χ0n) is 14.7. The van der Waals surface area contributed by atoms with Crippen LogP contribution < -0.4 is 14.8 Å². The van der Waals surface area contributed by atoms with Gasteiger partial charge in [-0.1, -0.05) is 24.3 Å². The highest BCUT2D eigenvalue weighted by Gasteiger charge is 2.14. The molecule has 2 N–H and O–H groups in total. The maximum Gasteiger partial charge on any atom is 0.352 e. The molecule has 0 aromatic heterocycles. The lowest BCUT2D eigenvalue weighted by atomic mass is 10.1. The van der Waals surface area contributed by atoms with Crippen LogP contribution in [0.15, 0.2) is 54.2 Å². The van der Waals surface area contributed by atoms with Gasteiger partial charge in [-0.3, -0.25) is 4.79 Å². The standard InChI is InChI=1S/C20H21NO5/c1-3-25-17-11-10-14(13-18(17)26-4-2)12-16(20(23)24)21-19(22)15-8-6-5-7-9-15/h5-13H,3-4H2,1-2H3,(H,21,22)(H,23,24). The van der Waals surface area contributed by atoms with Crippen molar-refractivity contribution in [2.75, 3.05) is 13.2 Å². The lowest BCUT2D eigenvalue weighted by molar-refractivity contribution is -0.132. The molecule has 0 fully saturated rings. The van der Waals surface area contributed by atoms with Crippen LogP contribution in [0.5, 0.6) is 11.5 Å². The van der Waals surface area contributed by atoms with Crippen LogP contribution in [0.2, 0.25) is 0 Å². The third-order valence-corrected chi connectivity index (χ3v) is 3.39. The molecule has 136 valence electrons. The van der Waals surface area contributed by atoms with Gasteiger partial charge in [0.25, 0.3) is 5.91 Å². The number of hydrogen-bond acceptors (Lipinski definition) is 4. The number of benzene rings is 2. The van der Waals surface area contributed by atoms with E-state index in [1.54, 1.807) is 48.5 Å². The second kappa shape index (κ2) is 9.27. The molecule has 0 radical (unpaired) electrons. The number of hydrogen-bond donors (Lipinski definition) is 2. The van der Waals surface area contributed by atoms with Crippen molar-refractivity contribution >= 4 is 18.0 Å². The maximum atomic E-state index is 12.2. The van der Waals surface area contributed by atoms with E-state index in [4.69, 9.17) is 9.47 Å². The Kier molecular flexibility index (Phi) is 6.79. The Hall–Kier alpha value is -3.28. The van der Waals surface area contributed by atoms with Gasteiger partial charge in [-0.15, -0.1) is 0 Å². The van der Waals surface area contributed by atoms with Gasteiger partial charge in [0.1, 0.15) is 5.70 Å². The summed E-state index contributed by atoms with van der Waals surface area (Å²) in [6.07, 6.45) is 1.38. The molecule has 0 saturated carbocycles. The first kappa shape index (κ1) is 19.1. The van der Waals surface area contributed by atoms with Crippen LogP contribution in [0, 0.1) is 0 Å². The van der Waals surface area contributed by atoms with Gasteiger partial charge in [-0.2, -0.15) is 0 Å². The van der Waals surface area contributed by atoms with Crippen molar-refractivity contribution in [3.8, 4) is 11.5 Å². The summed E-state index contributed by atoms with van der Waals surface area (Å²) < 4.78 is 11.0. The normalized spacial score (nSPS) is 10.9. The van der Waals surface area contributed by atoms with Crippen LogP contribution in [0.1, 0.15) is 29.8 Å². The maximum absolute atomic E-state index is 12.2. The molecule has 2 rings (SSSR count). The van der Waals surface area contributed by atoms with Gasteiger partial charge < -0.3 is 19.9 Å². The average molecular weight is 355 g/mol. The summed E-state index contributed by atoms with van der Waals surface area (Å²) in [5.41, 5.74) is 0.717. The van der Waals surface area contributed by atoms with Crippen LogP contribution in [0.3, 0.4) is 0 Å². The first-order valence-corrected chi connectivity index (χ1v) is 8.26. The molecule has 0 aliphatic carbocycles. The Morgan fingerprint density at radius 1 is 1.00 bits per heavy atom. The molecule has 0 heterocycles. The van der Waals surface area contributed by atoms with Crippen molar-refractivity contribution in [2.45, 2.75) is 13.8 Å². The average Bonchev–Trinajstić information content (AvgIpc) is 2.64. The van der Waals surface area contributed by atoms with Crippen LogP contribution in [-0.4, -0.2) is 30.2 Å². The van der Waals surface area contributed by atoms with E-state index in [-0.39, 0.29) is 5.70 Å². The predicted molar refractivity (Wildman–Crippen MR) is 98.3 cm³/mol. The molecule has 1 amide bonds. The number of aliphatic carboxylic acids is 1. The monoisotopic (exact) mass is 355 g/mol. The largest absolute Gasteiger partial charge is 0.490 e. The van der Waals surface area contributed by atoms with Crippen LogP contribution >= 0.6 is 0 Å². The summed E-state index contributed by atoms with van der Waals surface area (Å²) in [5.74, 6) is -0.629. The topological polar surface area (TPSA) is 84.9 Å². The van der Waals surface area contributed by atoms with E-state index < -0.39 is 11.9 Å². The second-order valence-corrected chi connectivity index (χ2v) is 5.26. The van der Waals surface area contributed by atoms with Gasteiger partial charge in [0.05, 0.1) is 13.2 Å². The first-order chi connectivity index (χ1) is 12.5. The first-order valence-electron chi connectivity index (χ1n) is 8.26. The Labute approximate surface area is 152 Å². The van der Waals surface area contributed by atoms with Gasteiger partial charge in [-0.25, -0.2) is 4.79 Å². The number of amides is 1. The Morgan fingerprint density at radius 2 is 1.65 bits per heavy atom. The molecular weight excluding hydrogens is 334 g/mol. The van der Waals surface area contributed by atoms with Crippen LogP contribution in [0.25, 0.3) is 6.08 Å². The van der Waals surface area contributed by atoms with Crippen molar-refractivity contribution in [1.29, 1.82) is 0 Å². The van der Waals surface area contributed by atoms with Gasteiger partial charge in [0.15, 0.2) is 11.5 Å². The Balaban J connectivity index is 2.29. The molecule has 6 nitrogen and oxygen atoms in total. The molecule has 0 atom stereocenters. The van der Waals surface area contributed by atoms with Crippen LogP contribution in [-0.2, 0) is 4.79 Å². The third-order valence-electron chi connectivity index (χ3n) is 3.39. The highest BCUT2D eigenvalue weighted by atomic mass is 16.5. The molecule has 0 aliphatic rings. The SMILES string of the molecule is CCOc1ccc(C=C(NC(=O)c2ccccc2)C(=O)O)cc1OCC. The van der Waals surface area contributed by atoms with E-state index in [0.29, 0.717) is 35.8 Å². The van der Waals surface area contributed by atoms with Crippen LogP contribution in [0.4, 0.5) is 0 Å². The quantitative estimate of drug-likeness (QED) is 0.710. The van der Waals surface area contributed by atoms with E-state index in [1.807, 2.05) is 13.8 Å². The lowest BCUT2D eigenvalue weighted by Crippen LogP contribution is -2.27. The minimum atomic E-state index is -1.24. The Bertz CT molecular complexity index is 799. The predicted octanol–water partition coefficient (Wildman–Crippen LogP) is 3.34. The molecule has 6 heteroatoms. The van der Waals surface area contributed by atoms with E-state index in [2.05, 4.69) is 5.32 Å². The fourth-order valence-electron chi connectivity index (χ4n) is 2.26. The number of ether oxygens (including phenoxy) is 2. The minimum Gasteiger partial charge on any atom is -0.490 e. The van der Waals surface area contributed by atoms with Crippen molar-refractivity contribution in [2.24, 2.45) is 0 Å². The minimum absolute atomic E-state index is 0.231. The third kappa shape index (κ3) is 5.11. The summed E-state index contributed by atoms with van der Waals surface area (Å²) in [6, 6.07) is 13.5. The highest BCUT2D eigenvalue weighted by molar-refractivity contribution is 6.02. The molecule has 2 aromatic carbocycles. The van der Waals surface area contributed by atoms with Gasteiger partial charge in [-0.05, 0) is 49.8 Å². The number of carboxylic acids is 1.